The van der Waals surface area contributed by atoms with Crippen molar-refractivity contribution in [1.29, 1.82) is 0 Å². The van der Waals surface area contributed by atoms with Crippen LogP contribution in [-0.2, 0) is 16.1 Å². The summed E-state index contributed by atoms with van der Waals surface area (Å²) in [5.41, 5.74) is 1.89. The maximum atomic E-state index is 5.93. The SMILES string of the molecule is Cc1cccc(COCC2CNCC(C)(C)O2)n1. The summed E-state index contributed by atoms with van der Waals surface area (Å²) >= 11 is 0. The molecule has 0 aliphatic carbocycles. The average Bonchev–Trinajstić information content (AvgIpc) is 2.28. The van der Waals surface area contributed by atoms with Crippen LogP contribution in [-0.4, -0.2) is 36.4 Å². The molecule has 1 aliphatic rings. The molecule has 2 heterocycles. The standard InChI is InChI=1S/C14H22N2O2/c1-11-5-4-6-12(16-11)8-17-9-13-7-15-10-14(2,3)18-13/h4-6,13,15H,7-10H2,1-3H3. The summed E-state index contributed by atoms with van der Waals surface area (Å²) in [6.07, 6.45) is 0.124. The minimum atomic E-state index is -0.103. The van der Waals surface area contributed by atoms with Crippen LogP contribution in [0.25, 0.3) is 0 Å². The van der Waals surface area contributed by atoms with E-state index < -0.39 is 0 Å². The summed E-state index contributed by atoms with van der Waals surface area (Å²) in [4.78, 5) is 4.40. The van der Waals surface area contributed by atoms with Crippen molar-refractivity contribution in [3.63, 3.8) is 0 Å². The van der Waals surface area contributed by atoms with Gasteiger partial charge in [0.2, 0.25) is 0 Å². The predicted octanol–water partition coefficient (Wildman–Crippen LogP) is 1.67. The van der Waals surface area contributed by atoms with Crippen molar-refractivity contribution in [2.24, 2.45) is 0 Å². The van der Waals surface area contributed by atoms with Crippen LogP contribution in [0.3, 0.4) is 0 Å². The molecule has 0 radical (unpaired) electrons. The predicted molar refractivity (Wildman–Crippen MR) is 70.5 cm³/mol. The van der Waals surface area contributed by atoms with Crippen molar-refractivity contribution in [3.05, 3.63) is 29.6 Å². The largest absolute Gasteiger partial charge is 0.372 e. The van der Waals surface area contributed by atoms with Crippen LogP contribution in [0, 0.1) is 6.92 Å². The second-order valence-electron chi connectivity index (χ2n) is 5.42. The molecule has 18 heavy (non-hydrogen) atoms. The molecular formula is C14H22N2O2. The van der Waals surface area contributed by atoms with Crippen LogP contribution in [0.5, 0.6) is 0 Å². The molecule has 1 N–H and O–H groups in total. The molecule has 4 heteroatoms. The van der Waals surface area contributed by atoms with Gasteiger partial charge in [-0.3, -0.25) is 4.98 Å². The number of nitrogens with zero attached hydrogens (tertiary/aromatic N) is 1. The highest BCUT2D eigenvalue weighted by Gasteiger charge is 2.28. The number of pyridine rings is 1. The quantitative estimate of drug-likeness (QED) is 0.883. The van der Waals surface area contributed by atoms with E-state index in [0.29, 0.717) is 13.2 Å². The lowest BCUT2D eigenvalue weighted by atomic mass is 10.1. The topological polar surface area (TPSA) is 43.4 Å². The molecule has 0 amide bonds. The first-order chi connectivity index (χ1) is 8.55. The molecule has 1 aromatic rings. The minimum absolute atomic E-state index is 0.103. The number of nitrogens with one attached hydrogen (secondary N) is 1. The molecule has 0 spiro atoms. The van der Waals surface area contributed by atoms with Gasteiger partial charge in [-0.05, 0) is 32.9 Å². The Morgan fingerprint density at radius 3 is 3.06 bits per heavy atom. The van der Waals surface area contributed by atoms with Crippen molar-refractivity contribution in [3.8, 4) is 0 Å². The molecule has 0 bridgehead atoms. The Morgan fingerprint density at radius 2 is 2.33 bits per heavy atom. The zero-order chi connectivity index (χ0) is 13.0. The molecular weight excluding hydrogens is 228 g/mol. The molecule has 1 atom stereocenters. The number of ether oxygens (including phenoxy) is 2. The average molecular weight is 250 g/mol. The maximum Gasteiger partial charge on any atom is 0.0940 e. The number of rotatable bonds is 4. The fourth-order valence-corrected chi connectivity index (χ4v) is 2.14. The molecule has 1 aromatic heterocycles. The fourth-order valence-electron chi connectivity index (χ4n) is 2.14. The molecule has 0 aromatic carbocycles. The molecule has 1 unspecified atom stereocenters. The lowest BCUT2D eigenvalue weighted by molar-refractivity contribution is -0.122. The first kappa shape index (κ1) is 13.5. The Labute approximate surface area is 109 Å². The Hall–Kier alpha value is -0.970. The Morgan fingerprint density at radius 1 is 1.50 bits per heavy atom. The van der Waals surface area contributed by atoms with Crippen LogP contribution in [0.15, 0.2) is 18.2 Å². The zero-order valence-corrected chi connectivity index (χ0v) is 11.4. The maximum absolute atomic E-state index is 5.93. The van der Waals surface area contributed by atoms with Crippen molar-refractivity contribution in [1.82, 2.24) is 10.3 Å². The molecule has 1 aliphatic heterocycles. The van der Waals surface area contributed by atoms with E-state index in [1.54, 1.807) is 0 Å². The van der Waals surface area contributed by atoms with E-state index in [0.717, 1.165) is 24.5 Å². The molecule has 2 rings (SSSR count). The third kappa shape index (κ3) is 4.05. The van der Waals surface area contributed by atoms with Gasteiger partial charge in [0, 0.05) is 18.8 Å². The zero-order valence-electron chi connectivity index (χ0n) is 11.4. The van der Waals surface area contributed by atoms with Gasteiger partial charge < -0.3 is 14.8 Å². The van der Waals surface area contributed by atoms with Crippen LogP contribution >= 0.6 is 0 Å². The lowest BCUT2D eigenvalue weighted by Crippen LogP contribution is -2.51. The van der Waals surface area contributed by atoms with Gasteiger partial charge in [-0.2, -0.15) is 0 Å². The first-order valence-electron chi connectivity index (χ1n) is 6.44. The molecule has 4 nitrogen and oxygen atoms in total. The second kappa shape index (κ2) is 5.78. The second-order valence-corrected chi connectivity index (χ2v) is 5.42. The van der Waals surface area contributed by atoms with E-state index in [1.807, 2.05) is 25.1 Å². The number of hydrogen-bond acceptors (Lipinski definition) is 4. The third-order valence-corrected chi connectivity index (χ3v) is 2.91. The van der Waals surface area contributed by atoms with E-state index in [9.17, 15) is 0 Å². The summed E-state index contributed by atoms with van der Waals surface area (Å²) in [5.74, 6) is 0. The van der Waals surface area contributed by atoms with Crippen molar-refractivity contribution in [2.45, 2.75) is 39.1 Å². The van der Waals surface area contributed by atoms with Crippen LogP contribution in [0.2, 0.25) is 0 Å². The van der Waals surface area contributed by atoms with Crippen LogP contribution in [0.1, 0.15) is 25.2 Å². The van der Waals surface area contributed by atoms with Crippen LogP contribution < -0.4 is 5.32 Å². The van der Waals surface area contributed by atoms with E-state index in [4.69, 9.17) is 9.47 Å². The molecule has 0 saturated carbocycles. The highest BCUT2D eigenvalue weighted by molar-refractivity contribution is 5.08. The van der Waals surface area contributed by atoms with Crippen LogP contribution in [0.4, 0.5) is 0 Å². The van der Waals surface area contributed by atoms with E-state index in [1.165, 1.54) is 0 Å². The van der Waals surface area contributed by atoms with Crippen molar-refractivity contribution >= 4 is 0 Å². The van der Waals surface area contributed by atoms with Gasteiger partial charge in [0.05, 0.1) is 30.6 Å². The van der Waals surface area contributed by atoms with E-state index in [2.05, 4.69) is 24.1 Å². The van der Waals surface area contributed by atoms with E-state index in [-0.39, 0.29) is 11.7 Å². The van der Waals surface area contributed by atoms with Crippen molar-refractivity contribution in [2.75, 3.05) is 19.7 Å². The lowest BCUT2D eigenvalue weighted by Gasteiger charge is -2.36. The number of aromatic nitrogens is 1. The number of hydrogen-bond donors (Lipinski definition) is 1. The third-order valence-electron chi connectivity index (χ3n) is 2.91. The Kier molecular flexibility index (Phi) is 4.32. The highest BCUT2D eigenvalue weighted by atomic mass is 16.5. The van der Waals surface area contributed by atoms with Crippen molar-refractivity contribution < 1.29 is 9.47 Å². The smallest absolute Gasteiger partial charge is 0.0940 e. The number of aryl methyl sites for hydroxylation is 1. The highest BCUT2D eigenvalue weighted by Crippen LogP contribution is 2.15. The minimum Gasteiger partial charge on any atom is -0.372 e. The van der Waals surface area contributed by atoms with Gasteiger partial charge in [-0.1, -0.05) is 6.07 Å². The number of morpholine rings is 1. The van der Waals surface area contributed by atoms with Gasteiger partial charge in [-0.25, -0.2) is 0 Å². The van der Waals surface area contributed by atoms with Gasteiger partial charge in [0.1, 0.15) is 0 Å². The summed E-state index contributed by atoms with van der Waals surface area (Å²) in [6, 6.07) is 5.97. The Bertz CT molecular complexity index is 393. The monoisotopic (exact) mass is 250 g/mol. The summed E-state index contributed by atoms with van der Waals surface area (Å²) in [7, 11) is 0. The van der Waals surface area contributed by atoms with Gasteiger partial charge >= 0.3 is 0 Å². The Balaban J connectivity index is 1.75. The molecule has 100 valence electrons. The first-order valence-corrected chi connectivity index (χ1v) is 6.44. The van der Waals surface area contributed by atoms with Gasteiger partial charge in [0.15, 0.2) is 0 Å². The van der Waals surface area contributed by atoms with Gasteiger partial charge in [-0.15, -0.1) is 0 Å². The summed E-state index contributed by atoms with van der Waals surface area (Å²) in [5, 5.41) is 3.36. The fraction of sp³-hybridized carbons (Fsp3) is 0.643. The summed E-state index contributed by atoms with van der Waals surface area (Å²) < 4.78 is 11.6. The molecule has 1 saturated heterocycles. The van der Waals surface area contributed by atoms with E-state index >= 15 is 0 Å². The normalized spacial score (nSPS) is 22.9. The van der Waals surface area contributed by atoms with Gasteiger partial charge in [0.25, 0.3) is 0 Å². The molecule has 1 fully saturated rings. The summed E-state index contributed by atoms with van der Waals surface area (Å²) in [6.45, 7) is 9.06.